The smallest absolute Gasteiger partial charge is 0.235 e. The summed E-state index contributed by atoms with van der Waals surface area (Å²) in [5.41, 5.74) is 6.72. The first kappa shape index (κ1) is 20.1. The number of pyridine rings is 2. The van der Waals surface area contributed by atoms with Gasteiger partial charge in [-0.05, 0) is 36.4 Å². The Morgan fingerprint density at radius 2 is 1.14 bits per heavy atom. The fourth-order valence-corrected chi connectivity index (χ4v) is 5.48. The minimum Gasteiger partial charge on any atom is -0.278 e. The monoisotopic (exact) mass is 473 g/mol. The van der Waals surface area contributed by atoms with Crippen LogP contribution in [0.5, 0.6) is 0 Å². The second-order valence-electron chi connectivity index (χ2n) is 9.16. The van der Waals surface area contributed by atoms with Crippen LogP contribution in [0.3, 0.4) is 0 Å². The molecule has 0 radical (unpaired) electrons. The summed E-state index contributed by atoms with van der Waals surface area (Å²) in [5, 5.41) is 5.42. The summed E-state index contributed by atoms with van der Waals surface area (Å²) >= 11 is 0. The fraction of sp³-hybridized carbons (Fsp3) is 0. The first-order valence-electron chi connectivity index (χ1n) is 12.2. The van der Waals surface area contributed by atoms with Crippen LogP contribution in [0.4, 0.5) is 0 Å². The fourth-order valence-electron chi connectivity index (χ4n) is 5.48. The third-order valence-electron chi connectivity index (χ3n) is 7.09. The predicted molar refractivity (Wildman–Crippen MR) is 150 cm³/mol. The Hall–Kier alpha value is -5.16. The summed E-state index contributed by atoms with van der Waals surface area (Å²) in [6, 6.07) is 35.4. The molecule has 4 aromatic heterocycles. The number of fused-ring (bicyclic) bond motifs is 7. The van der Waals surface area contributed by atoms with Gasteiger partial charge in [0.25, 0.3) is 0 Å². The first-order chi connectivity index (χ1) is 18.4. The van der Waals surface area contributed by atoms with E-state index in [0.717, 1.165) is 55.0 Å². The second-order valence-corrected chi connectivity index (χ2v) is 9.16. The van der Waals surface area contributed by atoms with Crippen LogP contribution in [-0.4, -0.2) is 24.5 Å². The van der Waals surface area contributed by atoms with E-state index in [9.17, 15) is 0 Å². The Morgan fingerprint density at radius 1 is 0.514 bits per heavy atom. The number of hydrogen-bond donors (Lipinski definition) is 0. The van der Waals surface area contributed by atoms with E-state index in [4.69, 9.17) is 15.0 Å². The normalized spacial score (nSPS) is 11.8. The van der Waals surface area contributed by atoms with Crippen LogP contribution in [0.2, 0.25) is 0 Å². The van der Waals surface area contributed by atoms with E-state index in [-0.39, 0.29) is 0 Å². The van der Waals surface area contributed by atoms with Crippen LogP contribution in [0.1, 0.15) is 0 Å². The molecule has 5 heteroatoms. The Balaban J connectivity index is 1.53. The molecular weight excluding hydrogens is 454 g/mol. The van der Waals surface area contributed by atoms with Gasteiger partial charge in [0.05, 0.1) is 33.3 Å². The summed E-state index contributed by atoms with van der Waals surface area (Å²) in [6.07, 6.45) is 3.64. The maximum atomic E-state index is 5.27. The molecular formula is C32H19N5. The SMILES string of the molecule is c1cnc2c(c1)cc(-c1nc(-n3c4ccccc4c4ccccc43)nc3ccccc13)c1cccnc12. The summed E-state index contributed by atoms with van der Waals surface area (Å²) in [7, 11) is 0. The molecule has 0 N–H and O–H groups in total. The van der Waals surface area contributed by atoms with Crippen molar-refractivity contribution in [2.45, 2.75) is 0 Å². The van der Waals surface area contributed by atoms with E-state index in [0.29, 0.717) is 5.95 Å². The lowest BCUT2D eigenvalue weighted by atomic mass is 9.99. The van der Waals surface area contributed by atoms with Crippen LogP contribution in [-0.2, 0) is 0 Å². The third-order valence-corrected chi connectivity index (χ3v) is 7.09. The zero-order valence-corrected chi connectivity index (χ0v) is 19.7. The summed E-state index contributed by atoms with van der Waals surface area (Å²) in [5.74, 6) is 0.648. The van der Waals surface area contributed by atoms with E-state index in [1.54, 1.807) is 0 Å². The van der Waals surface area contributed by atoms with Gasteiger partial charge in [-0.25, -0.2) is 9.97 Å². The molecule has 0 saturated carbocycles. The number of aromatic nitrogens is 5. The molecule has 0 spiro atoms. The van der Waals surface area contributed by atoms with Crippen molar-refractivity contribution < 1.29 is 0 Å². The summed E-state index contributed by atoms with van der Waals surface area (Å²) in [6.45, 7) is 0. The van der Waals surface area contributed by atoms with Crippen LogP contribution in [0.15, 0.2) is 116 Å². The average molecular weight is 474 g/mol. The van der Waals surface area contributed by atoms with Gasteiger partial charge in [-0.2, -0.15) is 0 Å². The van der Waals surface area contributed by atoms with Gasteiger partial charge in [0.15, 0.2) is 0 Å². The average Bonchev–Trinajstić information content (AvgIpc) is 3.31. The van der Waals surface area contributed by atoms with Crippen molar-refractivity contribution in [3.05, 3.63) is 116 Å². The number of nitrogens with zero attached hydrogens (tertiary/aromatic N) is 5. The van der Waals surface area contributed by atoms with Crippen molar-refractivity contribution >= 4 is 54.5 Å². The van der Waals surface area contributed by atoms with E-state index in [2.05, 4.69) is 88.4 Å². The highest BCUT2D eigenvalue weighted by Gasteiger charge is 2.19. The molecule has 0 aliphatic carbocycles. The van der Waals surface area contributed by atoms with E-state index in [1.807, 2.05) is 36.7 Å². The lowest BCUT2D eigenvalue weighted by molar-refractivity contribution is 1.01. The van der Waals surface area contributed by atoms with Gasteiger partial charge in [0.2, 0.25) is 5.95 Å². The van der Waals surface area contributed by atoms with Crippen LogP contribution < -0.4 is 0 Å². The Bertz CT molecular complexity index is 2110. The van der Waals surface area contributed by atoms with Gasteiger partial charge >= 0.3 is 0 Å². The molecule has 0 unspecified atom stereocenters. The quantitative estimate of drug-likeness (QED) is 0.244. The van der Waals surface area contributed by atoms with Gasteiger partial charge in [0, 0.05) is 44.9 Å². The molecule has 37 heavy (non-hydrogen) atoms. The van der Waals surface area contributed by atoms with E-state index < -0.39 is 0 Å². The van der Waals surface area contributed by atoms with Crippen molar-refractivity contribution in [2.24, 2.45) is 0 Å². The molecule has 0 bridgehead atoms. The lowest BCUT2D eigenvalue weighted by Gasteiger charge is -2.14. The zero-order valence-electron chi connectivity index (χ0n) is 19.7. The van der Waals surface area contributed by atoms with Crippen molar-refractivity contribution in [2.75, 3.05) is 0 Å². The Morgan fingerprint density at radius 3 is 1.92 bits per heavy atom. The predicted octanol–water partition coefficient (Wildman–Crippen LogP) is 7.49. The lowest BCUT2D eigenvalue weighted by Crippen LogP contribution is -2.03. The molecule has 172 valence electrons. The molecule has 0 aliphatic rings. The van der Waals surface area contributed by atoms with Crippen molar-refractivity contribution in [1.82, 2.24) is 24.5 Å². The van der Waals surface area contributed by atoms with Crippen LogP contribution in [0.25, 0.3) is 71.7 Å². The molecule has 8 rings (SSSR count). The van der Waals surface area contributed by atoms with Gasteiger partial charge in [0.1, 0.15) is 0 Å². The molecule has 0 atom stereocenters. The summed E-state index contributed by atoms with van der Waals surface area (Å²) in [4.78, 5) is 19.7. The number of rotatable bonds is 2. The van der Waals surface area contributed by atoms with E-state index in [1.165, 1.54) is 10.8 Å². The minimum absolute atomic E-state index is 0.648. The topological polar surface area (TPSA) is 56.5 Å². The number of benzene rings is 4. The Kier molecular flexibility index (Phi) is 4.16. The maximum absolute atomic E-state index is 5.27. The van der Waals surface area contributed by atoms with Gasteiger partial charge in [-0.1, -0.05) is 66.7 Å². The molecule has 8 aromatic rings. The molecule has 0 saturated heterocycles. The zero-order chi connectivity index (χ0) is 24.3. The first-order valence-corrected chi connectivity index (χ1v) is 12.2. The number of hydrogen-bond acceptors (Lipinski definition) is 4. The molecule has 0 fully saturated rings. The second kappa shape index (κ2) is 7.67. The molecule has 4 heterocycles. The third kappa shape index (κ3) is 2.91. The van der Waals surface area contributed by atoms with Crippen LogP contribution in [0, 0.1) is 0 Å². The van der Waals surface area contributed by atoms with Crippen molar-refractivity contribution in [3.63, 3.8) is 0 Å². The van der Waals surface area contributed by atoms with Gasteiger partial charge in [-0.15, -0.1) is 0 Å². The standard InChI is InChI=1S/C32H19N5/c1-4-14-26-24(12-1)30(25-19-20-9-7-17-33-29(20)31-23(25)13-8-18-34-31)36-32(35-26)37-27-15-5-2-10-21(27)22-11-3-6-16-28(22)37/h1-19H. The van der Waals surface area contributed by atoms with Gasteiger partial charge < -0.3 is 0 Å². The largest absolute Gasteiger partial charge is 0.278 e. The molecule has 5 nitrogen and oxygen atoms in total. The molecule has 4 aromatic carbocycles. The highest BCUT2D eigenvalue weighted by Crippen LogP contribution is 2.37. The highest BCUT2D eigenvalue weighted by atomic mass is 15.2. The minimum atomic E-state index is 0.648. The molecule has 0 aliphatic heterocycles. The molecule has 0 amide bonds. The number of para-hydroxylation sites is 3. The van der Waals surface area contributed by atoms with Crippen molar-refractivity contribution in [3.8, 4) is 17.2 Å². The van der Waals surface area contributed by atoms with E-state index >= 15 is 0 Å². The van der Waals surface area contributed by atoms with Gasteiger partial charge in [-0.3, -0.25) is 14.5 Å². The highest BCUT2D eigenvalue weighted by molar-refractivity contribution is 6.13. The maximum Gasteiger partial charge on any atom is 0.235 e. The summed E-state index contributed by atoms with van der Waals surface area (Å²) < 4.78 is 2.17. The van der Waals surface area contributed by atoms with Crippen LogP contribution >= 0.6 is 0 Å². The van der Waals surface area contributed by atoms with Crippen molar-refractivity contribution in [1.29, 1.82) is 0 Å². The Labute approximate surface area is 211 Å².